The van der Waals surface area contributed by atoms with E-state index < -0.39 is 0 Å². The van der Waals surface area contributed by atoms with E-state index in [-0.39, 0.29) is 0 Å². The number of halogens is 3. The highest BCUT2D eigenvalue weighted by Gasteiger charge is 2.07. The Balaban J connectivity index is 0.000000185. The average molecular weight is 552 g/mol. The number of ether oxygens (including phenoxy) is 1. The average Bonchev–Trinajstić information content (AvgIpc) is 2.55. The molecular formula is C17H17Br2IN2O. The highest BCUT2D eigenvalue weighted by molar-refractivity contribution is 14.1. The molecule has 0 amide bonds. The molecule has 0 fully saturated rings. The molecule has 122 valence electrons. The summed E-state index contributed by atoms with van der Waals surface area (Å²) in [6.45, 7) is 1.53. The predicted octanol–water partition coefficient (Wildman–Crippen LogP) is 5.47. The summed E-state index contributed by atoms with van der Waals surface area (Å²) < 4.78 is 8.38. The van der Waals surface area contributed by atoms with Gasteiger partial charge >= 0.3 is 0 Å². The Hall–Kier alpha value is -0.570. The first-order valence-electron chi connectivity index (χ1n) is 7.00. The van der Waals surface area contributed by atoms with Crippen molar-refractivity contribution in [2.24, 2.45) is 0 Å². The number of anilines is 2. The Morgan fingerprint density at radius 2 is 1.61 bits per heavy atom. The highest BCUT2D eigenvalue weighted by Crippen LogP contribution is 2.27. The van der Waals surface area contributed by atoms with Gasteiger partial charge in [0.05, 0.1) is 13.2 Å². The molecular weight excluding hydrogens is 535 g/mol. The fourth-order valence-electron chi connectivity index (χ4n) is 2.02. The van der Waals surface area contributed by atoms with Gasteiger partial charge in [-0.1, -0.05) is 12.1 Å². The summed E-state index contributed by atoms with van der Waals surface area (Å²) in [6, 6.07) is 11.9. The standard InChI is InChI=1S/C11H12BrNO.C6H5BrIN/c12-10-7-9(1-2-11(10)13)8-3-5-14-6-4-8;7-5-3-4(8)1-2-6(5)9/h1-3,7H,4-6,13H2;1-3H,9H2. The summed E-state index contributed by atoms with van der Waals surface area (Å²) in [5.41, 5.74) is 15.4. The van der Waals surface area contributed by atoms with Gasteiger partial charge < -0.3 is 16.2 Å². The maximum Gasteiger partial charge on any atom is 0.0653 e. The van der Waals surface area contributed by atoms with Crippen molar-refractivity contribution in [3.05, 3.63) is 60.6 Å². The van der Waals surface area contributed by atoms with Gasteiger partial charge in [-0.15, -0.1) is 0 Å². The summed E-state index contributed by atoms with van der Waals surface area (Å²) in [7, 11) is 0. The lowest BCUT2D eigenvalue weighted by Gasteiger charge is -2.14. The molecule has 6 heteroatoms. The van der Waals surface area contributed by atoms with Gasteiger partial charge in [-0.25, -0.2) is 0 Å². The van der Waals surface area contributed by atoms with Crippen LogP contribution in [0, 0.1) is 3.57 Å². The molecule has 4 N–H and O–H groups in total. The van der Waals surface area contributed by atoms with E-state index in [9.17, 15) is 0 Å². The van der Waals surface area contributed by atoms with Gasteiger partial charge in [0, 0.05) is 23.9 Å². The van der Waals surface area contributed by atoms with E-state index in [0.29, 0.717) is 0 Å². The molecule has 1 aliphatic rings. The van der Waals surface area contributed by atoms with Gasteiger partial charge in [-0.2, -0.15) is 0 Å². The fourth-order valence-corrected chi connectivity index (χ4v) is 3.69. The monoisotopic (exact) mass is 550 g/mol. The molecule has 1 aliphatic heterocycles. The zero-order valence-corrected chi connectivity index (χ0v) is 17.7. The second-order valence-electron chi connectivity index (χ2n) is 4.96. The lowest BCUT2D eigenvalue weighted by atomic mass is 10.0. The number of hydrogen-bond donors (Lipinski definition) is 2. The van der Waals surface area contributed by atoms with Crippen LogP contribution in [0.5, 0.6) is 0 Å². The van der Waals surface area contributed by atoms with Crippen molar-refractivity contribution < 1.29 is 4.74 Å². The van der Waals surface area contributed by atoms with Gasteiger partial charge in [-0.05, 0) is 102 Å². The third-order valence-electron chi connectivity index (χ3n) is 3.30. The van der Waals surface area contributed by atoms with Crippen LogP contribution in [-0.2, 0) is 4.74 Å². The van der Waals surface area contributed by atoms with Crippen LogP contribution in [0.1, 0.15) is 12.0 Å². The molecule has 0 radical (unpaired) electrons. The Bertz CT molecular complexity index is 720. The second-order valence-corrected chi connectivity index (χ2v) is 7.91. The third-order valence-corrected chi connectivity index (χ3v) is 5.34. The van der Waals surface area contributed by atoms with Crippen molar-refractivity contribution in [3.63, 3.8) is 0 Å². The molecule has 2 aromatic rings. The molecule has 0 saturated carbocycles. The zero-order valence-electron chi connectivity index (χ0n) is 12.4. The van der Waals surface area contributed by atoms with Crippen molar-refractivity contribution in [3.8, 4) is 0 Å². The lowest BCUT2D eigenvalue weighted by molar-refractivity contribution is 0.161. The summed E-state index contributed by atoms with van der Waals surface area (Å²) in [5, 5.41) is 0. The van der Waals surface area contributed by atoms with Gasteiger partial charge in [0.15, 0.2) is 0 Å². The molecule has 1 heterocycles. The maximum absolute atomic E-state index is 5.73. The minimum atomic E-state index is 0.720. The molecule has 2 aromatic carbocycles. The van der Waals surface area contributed by atoms with Crippen LogP contribution in [0.4, 0.5) is 11.4 Å². The van der Waals surface area contributed by atoms with Crippen LogP contribution in [0.25, 0.3) is 5.57 Å². The predicted molar refractivity (Wildman–Crippen MR) is 113 cm³/mol. The zero-order chi connectivity index (χ0) is 16.8. The highest BCUT2D eigenvalue weighted by atomic mass is 127. The van der Waals surface area contributed by atoms with Crippen molar-refractivity contribution in [2.75, 3.05) is 24.7 Å². The first-order chi connectivity index (χ1) is 11.0. The lowest BCUT2D eigenvalue weighted by Crippen LogP contribution is -2.03. The molecule has 0 atom stereocenters. The Kier molecular flexibility index (Phi) is 7.39. The van der Waals surface area contributed by atoms with Crippen LogP contribution in [-0.4, -0.2) is 13.2 Å². The van der Waals surface area contributed by atoms with Crippen molar-refractivity contribution in [1.82, 2.24) is 0 Å². The van der Waals surface area contributed by atoms with Crippen LogP contribution in [0.3, 0.4) is 0 Å². The molecule has 0 saturated heterocycles. The molecule has 0 aliphatic carbocycles. The number of hydrogen-bond acceptors (Lipinski definition) is 3. The van der Waals surface area contributed by atoms with Crippen molar-refractivity contribution in [2.45, 2.75) is 6.42 Å². The molecule has 0 unspecified atom stereocenters. The molecule has 0 bridgehead atoms. The fraction of sp³-hybridized carbons (Fsp3) is 0.176. The quantitative estimate of drug-likeness (QED) is 0.365. The maximum atomic E-state index is 5.73. The van der Waals surface area contributed by atoms with E-state index in [1.165, 1.54) is 14.7 Å². The van der Waals surface area contributed by atoms with E-state index in [2.05, 4.69) is 72.7 Å². The van der Waals surface area contributed by atoms with E-state index in [1.807, 2.05) is 24.3 Å². The van der Waals surface area contributed by atoms with E-state index in [1.54, 1.807) is 0 Å². The van der Waals surface area contributed by atoms with Crippen LogP contribution >= 0.6 is 54.5 Å². The van der Waals surface area contributed by atoms with E-state index in [4.69, 9.17) is 16.2 Å². The Labute approximate surface area is 166 Å². The Morgan fingerprint density at radius 3 is 2.13 bits per heavy atom. The minimum absolute atomic E-state index is 0.720. The van der Waals surface area contributed by atoms with Crippen LogP contribution < -0.4 is 11.5 Å². The first kappa shape index (κ1) is 18.8. The van der Waals surface area contributed by atoms with E-state index >= 15 is 0 Å². The van der Waals surface area contributed by atoms with E-state index in [0.717, 1.165) is 40.0 Å². The van der Waals surface area contributed by atoms with Gasteiger partial charge in [0.25, 0.3) is 0 Å². The number of nitrogen functional groups attached to an aromatic ring is 2. The summed E-state index contributed by atoms with van der Waals surface area (Å²) in [4.78, 5) is 0. The smallest absolute Gasteiger partial charge is 0.0653 e. The van der Waals surface area contributed by atoms with Crippen molar-refractivity contribution >= 4 is 71.4 Å². The minimum Gasteiger partial charge on any atom is -0.398 e. The number of benzene rings is 2. The summed E-state index contributed by atoms with van der Waals surface area (Å²) in [5.74, 6) is 0. The normalized spacial score (nSPS) is 13.8. The topological polar surface area (TPSA) is 61.3 Å². The molecule has 3 rings (SSSR count). The van der Waals surface area contributed by atoms with Gasteiger partial charge in [0.1, 0.15) is 0 Å². The summed E-state index contributed by atoms with van der Waals surface area (Å²) >= 11 is 8.98. The molecule has 0 spiro atoms. The van der Waals surface area contributed by atoms with Crippen LogP contribution in [0.2, 0.25) is 0 Å². The number of rotatable bonds is 1. The van der Waals surface area contributed by atoms with Crippen LogP contribution in [0.15, 0.2) is 51.4 Å². The number of nitrogens with two attached hydrogens (primary N) is 2. The second kappa shape index (κ2) is 9.05. The largest absolute Gasteiger partial charge is 0.398 e. The Morgan fingerprint density at radius 1 is 0.957 bits per heavy atom. The van der Waals surface area contributed by atoms with Gasteiger partial charge in [0.2, 0.25) is 0 Å². The first-order valence-corrected chi connectivity index (χ1v) is 9.66. The van der Waals surface area contributed by atoms with Gasteiger partial charge in [-0.3, -0.25) is 0 Å². The molecule has 3 nitrogen and oxygen atoms in total. The SMILES string of the molecule is Nc1ccc(C2=CCOCC2)cc1Br.Nc1ccc(I)cc1Br. The molecule has 23 heavy (non-hydrogen) atoms. The van der Waals surface area contributed by atoms with Crippen molar-refractivity contribution in [1.29, 1.82) is 0 Å². The molecule has 0 aromatic heterocycles. The third kappa shape index (κ3) is 5.77. The summed E-state index contributed by atoms with van der Waals surface area (Å²) in [6.07, 6.45) is 3.11.